The number of sulfonamides is 1. The normalized spacial score (nSPS) is 12.0. The minimum Gasteiger partial charge on any atom is -0.497 e. The number of anilines is 1. The van der Waals surface area contributed by atoms with Gasteiger partial charge in [-0.15, -0.1) is 0 Å². The van der Waals surface area contributed by atoms with Crippen molar-refractivity contribution in [2.24, 2.45) is 0 Å². The van der Waals surface area contributed by atoms with Gasteiger partial charge in [-0.25, -0.2) is 8.42 Å². The van der Waals surface area contributed by atoms with Crippen molar-refractivity contribution in [1.82, 2.24) is 10.2 Å². The van der Waals surface area contributed by atoms with Crippen LogP contribution in [0.15, 0.2) is 53.0 Å². The van der Waals surface area contributed by atoms with Crippen LogP contribution in [0.4, 0.5) is 5.69 Å². The SMILES string of the molecule is CCCCNC(=O)[C@@H](C)N(Cc1cccc(Br)c1)C(=O)CN(c1ccc(OC)cc1)S(C)(=O)=O. The maximum Gasteiger partial charge on any atom is 0.244 e. The van der Waals surface area contributed by atoms with Crippen LogP contribution in [0.2, 0.25) is 0 Å². The Bertz CT molecular complexity index is 1080. The molecular formula is C24H32BrN3O5S. The monoisotopic (exact) mass is 553 g/mol. The van der Waals surface area contributed by atoms with Crippen LogP contribution >= 0.6 is 15.9 Å². The molecule has 0 aliphatic rings. The van der Waals surface area contributed by atoms with Crippen LogP contribution in [0.3, 0.4) is 0 Å². The zero-order valence-electron chi connectivity index (χ0n) is 20.0. The molecule has 34 heavy (non-hydrogen) atoms. The molecule has 0 aromatic heterocycles. The number of ether oxygens (including phenoxy) is 1. The van der Waals surface area contributed by atoms with Crippen molar-refractivity contribution in [3.63, 3.8) is 0 Å². The number of carbonyl (C=O) groups is 2. The lowest BCUT2D eigenvalue weighted by Gasteiger charge is -2.31. The molecule has 0 saturated carbocycles. The third kappa shape index (κ3) is 8.02. The van der Waals surface area contributed by atoms with Gasteiger partial charge >= 0.3 is 0 Å². The summed E-state index contributed by atoms with van der Waals surface area (Å²) in [5.41, 5.74) is 1.14. The molecule has 186 valence electrons. The zero-order chi connectivity index (χ0) is 25.3. The first-order chi connectivity index (χ1) is 16.1. The Morgan fingerprint density at radius 2 is 1.82 bits per heavy atom. The Kier molecular flexibility index (Phi) is 10.4. The quantitative estimate of drug-likeness (QED) is 0.405. The largest absolute Gasteiger partial charge is 0.497 e. The Morgan fingerprint density at radius 3 is 2.38 bits per heavy atom. The molecule has 0 radical (unpaired) electrons. The van der Waals surface area contributed by atoms with Gasteiger partial charge in [-0.3, -0.25) is 13.9 Å². The van der Waals surface area contributed by atoms with E-state index in [0.717, 1.165) is 33.4 Å². The molecule has 0 spiro atoms. The number of unbranched alkanes of at least 4 members (excludes halogenated alkanes) is 1. The van der Waals surface area contributed by atoms with Crippen LogP contribution in [-0.2, 0) is 26.2 Å². The second kappa shape index (κ2) is 12.8. The highest BCUT2D eigenvalue weighted by atomic mass is 79.9. The Morgan fingerprint density at radius 1 is 1.15 bits per heavy atom. The topological polar surface area (TPSA) is 96.0 Å². The van der Waals surface area contributed by atoms with E-state index in [2.05, 4.69) is 21.2 Å². The number of carbonyl (C=O) groups excluding carboxylic acids is 2. The van der Waals surface area contributed by atoms with Crippen molar-refractivity contribution in [2.75, 3.05) is 30.8 Å². The van der Waals surface area contributed by atoms with E-state index in [4.69, 9.17) is 4.74 Å². The molecule has 0 unspecified atom stereocenters. The van der Waals surface area contributed by atoms with Gasteiger partial charge in [0.05, 0.1) is 19.1 Å². The maximum absolute atomic E-state index is 13.5. The molecule has 0 saturated heterocycles. The van der Waals surface area contributed by atoms with Crippen molar-refractivity contribution in [1.29, 1.82) is 0 Å². The van der Waals surface area contributed by atoms with Crippen molar-refractivity contribution < 1.29 is 22.7 Å². The van der Waals surface area contributed by atoms with Gasteiger partial charge in [-0.2, -0.15) is 0 Å². The Balaban J connectivity index is 2.34. The van der Waals surface area contributed by atoms with Gasteiger partial charge in [-0.1, -0.05) is 41.4 Å². The summed E-state index contributed by atoms with van der Waals surface area (Å²) in [5.74, 6) is -0.205. The van der Waals surface area contributed by atoms with Crippen LogP contribution in [0.1, 0.15) is 32.3 Å². The van der Waals surface area contributed by atoms with E-state index in [1.165, 1.54) is 12.0 Å². The minimum absolute atomic E-state index is 0.154. The fourth-order valence-electron chi connectivity index (χ4n) is 3.31. The zero-order valence-corrected chi connectivity index (χ0v) is 22.4. The summed E-state index contributed by atoms with van der Waals surface area (Å²) in [4.78, 5) is 27.7. The first-order valence-corrected chi connectivity index (χ1v) is 13.6. The van der Waals surface area contributed by atoms with Crippen LogP contribution in [0.25, 0.3) is 0 Å². The smallest absolute Gasteiger partial charge is 0.244 e. The number of benzene rings is 2. The van der Waals surface area contributed by atoms with Crippen molar-refractivity contribution in [2.45, 2.75) is 39.3 Å². The second-order valence-electron chi connectivity index (χ2n) is 7.94. The molecule has 0 aliphatic heterocycles. The first-order valence-electron chi connectivity index (χ1n) is 11.0. The molecule has 2 rings (SSSR count). The average molecular weight is 555 g/mol. The summed E-state index contributed by atoms with van der Waals surface area (Å²) in [5, 5.41) is 2.86. The van der Waals surface area contributed by atoms with E-state index in [0.29, 0.717) is 18.0 Å². The second-order valence-corrected chi connectivity index (χ2v) is 10.8. The summed E-state index contributed by atoms with van der Waals surface area (Å²) >= 11 is 3.43. The lowest BCUT2D eigenvalue weighted by molar-refractivity contribution is -0.139. The van der Waals surface area contributed by atoms with Gasteiger partial charge in [-0.05, 0) is 55.3 Å². The van der Waals surface area contributed by atoms with E-state index in [1.54, 1.807) is 31.2 Å². The average Bonchev–Trinajstić information content (AvgIpc) is 2.80. The summed E-state index contributed by atoms with van der Waals surface area (Å²) in [7, 11) is -2.26. The third-order valence-electron chi connectivity index (χ3n) is 5.28. The number of amides is 2. The maximum atomic E-state index is 13.5. The van der Waals surface area contributed by atoms with Crippen LogP contribution in [-0.4, -0.2) is 57.6 Å². The minimum atomic E-state index is -3.77. The third-order valence-corrected chi connectivity index (χ3v) is 6.91. The molecule has 10 heteroatoms. The predicted molar refractivity (Wildman–Crippen MR) is 137 cm³/mol. The Labute approximate surface area is 210 Å². The molecule has 0 heterocycles. The molecule has 2 amide bonds. The van der Waals surface area contributed by atoms with Crippen molar-refractivity contribution in [3.8, 4) is 5.75 Å². The van der Waals surface area contributed by atoms with Gasteiger partial charge in [0.1, 0.15) is 18.3 Å². The van der Waals surface area contributed by atoms with Crippen LogP contribution in [0, 0.1) is 0 Å². The molecule has 2 aromatic carbocycles. The molecule has 2 aromatic rings. The van der Waals surface area contributed by atoms with Gasteiger partial charge in [0, 0.05) is 17.6 Å². The van der Waals surface area contributed by atoms with E-state index < -0.39 is 28.5 Å². The van der Waals surface area contributed by atoms with Crippen LogP contribution < -0.4 is 14.4 Å². The lowest BCUT2D eigenvalue weighted by Crippen LogP contribution is -2.51. The summed E-state index contributed by atoms with van der Waals surface area (Å²) in [6.07, 6.45) is 2.81. The highest BCUT2D eigenvalue weighted by Gasteiger charge is 2.30. The number of methoxy groups -OCH3 is 1. The number of nitrogens with one attached hydrogen (secondary N) is 1. The van der Waals surface area contributed by atoms with Gasteiger partial charge in [0.2, 0.25) is 21.8 Å². The number of hydrogen-bond acceptors (Lipinski definition) is 5. The summed E-state index contributed by atoms with van der Waals surface area (Å²) < 4.78 is 32.1. The van der Waals surface area contributed by atoms with E-state index >= 15 is 0 Å². The molecule has 8 nitrogen and oxygen atoms in total. The number of nitrogens with zero attached hydrogens (tertiary/aromatic N) is 2. The van der Waals surface area contributed by atoms with Gasteiger partial charge < -0.3 is 15.0 Å². The van der Waals surface area contributed by atoms with E-state index in [9.17, 15) is 18.0 Å². The van der Waals surface area contributed by atoms with E-state index in [-0.39, 0.29) is 12.5 Å². The molecular weight excluding hydrogens is 522 g/mol. The highest BCUT2D eigenvalue weighted by molar-refractivity contribution is 9.10. The first kappa shape index (κ1) is 27.7. The highest BCUT2D eigenvalue weighted by Crippen LogP contribution is 2.22. The summed E-state index contributed by atoms with van der Waals surface area (Å²) in [6, 6.07) is 13.0. The fourth-order valence-corrected chi connectivity index (χ4v) is 4.61. The van der Waals surface area contributed by atoms with Gasteiger partial charge in [0.15, 0.2) is 0 Å². The molecule has 0 bridgehead atoms. The van der Waals surface area contributed by atoms with Crippen molar-refractivity contribution in [3.05, 3.63) is 58.6 Å². The molecule has 0 aliphatic carbocycles. The molecule has 1 atom stereocenters. The standard InChI is InChI=1S/C24H32BrN3O5S/c1-5-6-14-26-24(30)18(2)27(16-19-8-7-9-20(25)15-19)23(29)17-28(34(4,31)32)21-10-12-22(33-3)13-11-21/h7-13,15,18H,5-6,14,16-17H2,1-4H3,(H,26,30)/t18-/m1/s1. The summed E-state index contributed by atoms with van der Waals surface area (Å²) in [6.45, 7) is 3.90. The van der Waals surface area contributed by atoms with E-state index in [1.807, 2.05) is 31.2 Å². The molecule has 1 N–H and O–H groups in total. The number of hydrogen-bond donors (Lipinski definition) is 1. The number of halogens is 1. The van der Waals surface area contributed by atoms with Crippen LogP contribution in [0.5, 0.6) is 5.75 Å². The lowest BCUT2D eigenvalue weighted by atomic mass is 10.1. The fraction of sp³-hybridized carbons (Fsp3) is 0.417. The Hall–Kier alpha value is -2.59. The molecule has 0 fully saturated rings. The van der Waals surface area contributed by atoms with Crippen molar-refractivity contribution >= 4 is 43.5 Å². The number of rotatable bonds is 12. The van der Waals surface area contributed by atoms with Gasteiger partial charge in [0.25, 0.3) is 0 Å². The predicted octanol–water partition coefficient (Wildman–Crippen LogP) is 3.56.